The van der Waals surface area contributed by atoms with Crippen LogP contribution in [0.3, 0.4) is 0 Å². The molecule has 0 saturated carbocycles. The number of pyridine rings is 1. The Labute approximate surface area is 122 Å². The molecule has 5 nitrogen and oxygen atoms in total. The molecule has 1 atom stereocenters. The predicted molar refractivity (Wildman–Crippen MR) is 78.6 cm³/mol. The lowest BCUT2D eigenvalue weighted by Crippen LogP contribution is -2.37. The van der Waals surface area contributed by atoms with Crippen LogP contribution in [0, 0.1) is 0 Å². The third-order valence-corrected chi connectivity index (χ3v) is 3.67. The van der Waals surface area contributed by atoms with Gasteiger partial charge in [-0.2, -0.15) is 0 Å². The van der Waals surface area contributed by atoms with Gasteiger partial charge in [0.2, 0.25) is 0 Å². The fourth-order valence-electron chi connectivity index (χ4n) is 2.34. The Morgan fingerprint density at radius 1 is 1.55 bits per heavy atom. The number of carbonyl (C=O) groups excluding carboxylic acids is 1. The second-order valence-corrected chi connectivity index (χ2v) is 5.18. The number of aromatic nitrogens is 1. The zero-order valence-electron chi connectivity index (χ0n) is 10.9. The Bertz CT molecular complexity index is 553. The summed E-state index contributed by atoms with van der Waals surface area (Å²) in [5, 5.41) is 3.39. The molecular weight excluding hydrogens is 274 g/mol. The van der Waals surface area contributed by atoms with Gasteiger partial charge in [0.05, 0.1) is 18.3 Å². The summed E-state index contributed by atoms with van der Waals surface area (Å²) in [6, 6.07) is 5.55. The Morgan fingerprint density at radius 3 is 3.15 bits per heavy atom. The van der Waals surface area contributed by atoms with Gasteiger partial charge < -0.3 is 10.1 Å². The predicted octanol–water partition coefficient (Wildman–Crippen LogP) is 1.32. The van der Waals surface area contributed by atoms with Crippen molar-refractivity contribution in [3.63, 3.8) is 0 Å². The summed E-state index contributed by atoms with van der Waals surface area (Å²) in [5.41, 5.74) is 1.19. The number of hydrogen-bond acceptors (Lipinski definition) is 4. The van der Waals surface area contributed by atoms with E-state index < -0.39 is 0 Å². The lowest BCUT2D eigenvalue weighted by Gasteiger charge is -2.18. The van der Waals surface area contributed by atoms with Gasteiger partial charge in [0.25, 0.3) is 5.91 Å². The molecule has 0 bridgehead atoms. The average Bonchev–Trinajstić information content (AvgIpc) is 3.05. The SMILES string of the molecule is O=C1/C(=C/c2ccccn2)NC(=S)N1C[C@H]1CCCO1. The van der Waals surface area contributed by atoms with Crippen molar-refractivity contribution >= 4 is 29.3 Å². The molecular formula is C14H15N3O2S. The Hall–Kier alpha value is -1.79. The maximum Gasteiger partial charge on any atom is 0.276 e. The molecule has 20 heavy (non-hydrogen) atoms. The summed E-state index contributed by atoms with van der Waals surface area (Å²) < 4.78 is 5.55. The van der Waals surface area contributed by atoms with E-state index in [1.54, 1.807) is 17.2 Å². The quantitative estimate of drug-likeness (QED) is 0.672. The van der Waals surface area contributed by atoms with E-state index in [-0.39, 0.29) is 12.0 Å². The molecule has 1 N–H and O–H groups in total. The smallest absolute Gasteiger partial charge is 0.276 e. The van der Waals surface area contributed by atoms with Crippen LogP contribution >= 0.6 is 12.2 Å². The summed E-state index contributed by atoms with van der Waals surface area (Å²) >= 11 is 5.22. The standard InChI is InChI=1S/C14H15N3O2S/c18-13-12(8-10-4-1-2-6-15-10)16-14(20)17(13)9-11-5-3-7-19-11/h1-2,4,6,8,11H,3,5,7,9H2,(H,16,20)/b12-8-/t11-/m1/s1. The molecule has 3 heterocycles. The summed E-state index contributed by atoms with van der Waals surface area (Å²) in [6.45, 7) is 1.29. The first-order valence-corrected chi connectivity index (χ1v) is 7.02. The van der Waals surface area contributed by atoms with Gasteiger partial charge >= 0.3 is 0 Å². The molecule has 0 radical (unpaired) electrons. The third kappa shape index (κ3) is 2.71. The molecule has 2 fully saturated rings. The molecule has 104 valence electrons. The van der Waals surface area contributed by atoms with Gasteiger partial charge in [-0.15, -0.1) is 0 Å². The maximum atomic E-state index is 12.3. The highest BCUT2D eigenvalue weighted by molar-refractivity contribution is 7.80. The van der Waals surface area contributed by atoms with Crippen molar-refractivity contribution in [2.75, 3.05) is 13.2 Å². The topological polar surface area (TPSA) is 54.5 Å². The fraction of sp³-hybridized carbons (Fsp3) is 0.357. The van der Waals surface area contributed by atoms with E-state index in [4.69, 9.17) is 17.0 Å². The van der Waals surface area contributed by atoms with Crippen molar-refractivity contribution in [2.45, 2.75) is 18.9 Å². The van der Waals surface area contributed by atoms with Crippen LogP contribution in [0.1, 0.15) is 18.5 Å². The van der Waals surface area contributed by atoms with Crippen LogP contribution < -0.4 is 5.32 Å². The molecule has 2 saturated heterocycles. The van der Waals surface area contributed by atoms with Crippen LogP contribution in [0.25, 0.3) is 6.08 Å². The van der Waals surface area contributed by atoms with Gasteiger partial charge in [-0.1, -0.05) is 6.07 Å². The molecule has 1 aromatic rings. The van der Waals surface area contributed by atoms with Crippen LogP contribution in [0.2, 0.25) is 0 Å². The average molecular weight is 289 g/mol. The summed E-state index contributed by atoms with van der Waals surface area (Å²) in [5.74, 6) is -0.115. The van der Waals surface area contributed by atoms with E-state index in [9.17, 15) is 4.79 Å². The van der Waals surface area contributed by atoms with E-state index in [2.05, 4.69) is 10.3 Å². The molecule has 0 spiro atoms. The Balaban J connectivity index is 1.74. The highest BCUT2D eigenvalue weighted by Gasteiger charge is 2.33. The van der Waals surface area contributed by atoms with Crippen LogP contribution in [0.15, 0.2) is 30.1 Å². The van der Waals surface area contributed by atoms with Crippen molar-refractivity contribution in [3.05, 3.63) is 35.8 Å². The Kier molecular flexibility index (Phi) is 3.75. The van der Waals surface area contributed by atoms with Crippen LogP contribution in [-0.4, -0.2) is 40.2 Å². The monoisotopic (exact) mass is 289 g/mol. The zero-order valence-corrected chi connectivity index (χ0v) is 11.7. The summed E-state index contributed by atoms with van der Waals surface area (Å²) in [4.78, 5) is 18.1. The molecule has 1 amide bonds. The normalized spacial score (nSPS) is 24.5. The minimum absolute atomic E-state index is 0.0906. The molecule has 3 rings (SSSR count). The van der Waals surface area contributed by atoms with Crippen molar-refractivity contribution in [1.82, 2.24) is 15.2 Å². The summed E-state index contributed by atoms with van der Waals surface area (Å²) in [7, 11) is 0. The Morgan fingerprint density at radius 2 is 2.45 bits per heavy atom. The molecule has 0 aromatic carbocycles. The molecule has 0 aliphatic carbocycles. The van der Waals surface area contributed by atoms with Gasteiger partial charge in [0.1, 0.15) is 5.70 Å². The minimum atomic E-state index is -0.115. The number of nitrogens with one attached hydrogen (secondary N) is 1. The van der Waals surface area contributed by atoms with Crippen molar-refractivity contribution < 1.29 is 9.53 Å². The van der Waals surface area contributed by atoms with Crippen molar-refractivity contribution in [3.8, 4) is 0 Å². The highest BCUT2D eigenvalue weighted by Crippen LogP contribution is 2.18. The number of thiocarbonyl (C=S) groups is 1. The van der Waals surface area contributed by atoms with E-state index in [1.807, 2.05) is 18.2 Å². The van der Waals surface area contributed by atoms with Gasteiger partial charge in [-0.05, 0) is 43.3 Å². The van der Waals surface area contributed by atoms with Crippen LogP contribution in [-0.2, 0) is 9.53 Å². The first-order valence-electron chi connectivity index (χ1n) is 6.61. The number of hydrogen-bond donors (Lipinski definition) is 1. The lowest BCUT2D eigenvalue weighted by atomic mass is 10.2. The second-order valence-electron chi connectivity index (χ2n) is 4.79. The van der Waals surface area contributed by atoms with E-state index in [1.165, 1.54) is 0 Å². The summed E-state index contributed by atoms with van der Waals surface area (Å²) in [6.07, 6.45) is 5.51. The third-order valence-electron chi connectivity index (χ3n) is 3.35. The highest BCUT2D eigenvalue weighted by atomic mass is 32.1. The fourth-order valence-corrected chi connectivity index (χ4v) is 2.61. The largest absolute Gasteiger partial charge is 0.376 e. The van der Waals surface area contributed by atoms with Crippen molar-refractivity contribution in [1.29, 1.82) is 0 Å². The molecule has 2 aliphatic rings. The van der Waals surface area contributed by atoms with E-state index in [0.29, 0.717) is 17.4 Å². The van der Waals surface area contributed by atoms with Gasteiger partial charge in [-0.3, -0.25) is 14.7 Å². The van der Waals surface area contributed by atoms with Crippen molar-refractivity contribution in [2.24, 2.45) is 0 Å². The van der Waals surface area contributed by atoms with Gasteiger partial charge in [0, 0.05) is 12.8 Å². The number of rotatable bonds is 3. The lowest BCUT2D eigenvalue weighted by molar-refractivity contribution is -0.123. The van der Waals surface area contributed by atoms with Gasteiger partial charge in [0.15, 0.2) is 5.11 Å². The molecule has 0 unspecified atom stereocenters. The number of amides is 1. The number of ether oxygens (including phenoxy) is 1. The first kappa shape index (κ1) is 13.2. The number of carbonyl (C=O) groups is 1. The molecule has 6 heteroatoms. The first-order chi connectivity index (χ1) is 9.74. The second kappa shape index (κ2) is 5.68. The number of nitrogens with zero attached hydrogens (tertiary/aromatic N) is 2. The molecule has 1 aromatic heterocycles. The maximum absolute atomic E-state index is 12.3. The van der Waals surface area contributed by atoms with E-state index >= 15 is 0 Å². The minimum Gasteiger partial charge on any atom is -0.376 e. The zero-order chi connectivity index (χ0) is 13.9. The van der Waals surface area contributed by atoms with Gasteiger partial charge in [-0.25, -0.2) is 0 Å². The molecule has 2 aliphatic heterocycles. The van der Waals surface area contributed by atoms with Crippen LogP contribution in [0.4, 0.5) is 0 Å². The van der Waals surface area contributed by atoms with Crippen LogP contribution in [0.5, 0.6) is 0 Å². The van der Waals surface area contributed by atoms with E-state index in [0.717, 1.165) is 25.1 Å².